The molecule has 1 saturated heterocycles. The van der Waals surface area contributed by atoms with Crippen LogP contribution in [0.25, 0.3) is 17.0 Å². The van der Waals surface area contributed by atoms with Gasteiger partial charge in [-0.15, -0.1) is 5.10 Å². The second-order valence-electron chi connectivity index (χ2n) is 7.83. The Morgan fingerprint density at radius 1 is 1.18 bits per heavy atom. The molecule has 1 aliphatic heterocycles. The molecule has 9 nitrogen and oxygen atoms in total. The van der Waals surface area contributed by atoms with Crippen LogP contribution in [-0.2, 0) is 0 Å². The van der Waals surface area contributed by atoms with Gasteiger partial charge in [0.25, 0.3) is 0 Å². The first-order valence-electron chi connectivity index (χ1n) is 10.4. The van der Waals surface area contributed by atoms with Crippen molar-refractivity contribution in [3.05, 3.63) is 60.1 Å². The molecule has 4 aromatic heterocycles. The van der Waals surface area contributed by atoms with E-state index < -0.39 is 24.1 Å². The van der Waals surface area contributed by atoms with Gasteiger partial charge in [0.15, 0.2) is 11.5 Å². The number of halogens is 2. The summed E-state index contributed by atoms with van der Waals surface area (Å²) in [6.07, 6.45) is 2.45. The number of fused-ring (bicyclic) bond motifs is 1. The molecule has 3 atom stereocenters. The van der Waals surface area contributed by atoms with Crippen molar-refractivity contribution in [2.24, 2.45) is 0 Å². The molecule has 1 fully saturated rings. The maximum absolute atomic E-state index is 14.6. The highest BCUT2D eigenvalue weighted by Gasteiger charge is 2.36. The predicted octanol–water partition coefficient (Wildman–Crippen LogP) is 3.07. The van der Waals surface area contributed by atoms with E-state index >= 15 is 0 Å². The summed E-state index contributed by atoms with van der Waals surface area (Å²) in [4.78, 5) is 18.6. The zero-order chi connectivity index (χ0) is 23.1. The summed E-state index contributed by atoms with van der Waals surface area (Å²) in [6, 6.07) is 6.03. The van der Waals surface area contributed by atoms with Gasteiger partial charge in [0, 0.05) is 18.2 Å². The molecule has 4 aromatic rings. The van der Waals surface area contributed by atoms with Gasteiger partial charge in [-0.25, -0.2) is 33.2 Å². The lowest BCUT2D eigenvalue weighted by atomic mass is 10.1. The first-order valence-corrected chi connectivity index (χ1v) is 10.4. The van der Waals surface area contributed by atoms with Gasteiger partial charge >= 0.3 is 0 Å². The molecule has 1 aliphatic rings. The Bertz CT molecular complexity index is 1310. The Hall–Kier alpha value is -3.73. The molecule has 0 amide bonds. The molecular weight excluding hydrogens is 432 g/mol. The van der Waals surface area contributed by atoms with Gasteiger partial charge in [-0.3, -0.25) is 0 Å². The number of alkyl halides is 1. The van der Waals surface area contributed by atoms with E-state index in [2.05, 4.69) is 19.9 Å². The Morgan fingerprint density at radius 2 is 2.03 bits per heavy atom. The lowest BCUT2D eigenvalue weighted by Gasteiger charge is -2.26. The van der Waals surface area contributed by atoms with Gasteiger partial charge < -0.3 is 14.7 Å². The lowest BCUT2D eigenvalue weighted by Crippen LogP contribution is -2.26. The number of pyridine rings is 1. The van der Waals surface area contributed by atoms with E-state index in [1.165, 1.54) is 13.2 Å². The van der Waals surface area contributed by atoms with E-state index in [0.29, 0.717) is 28.4 Å². The first kappa shape index (κ1) is 21.1. The van der Waals surface area contributed by atoms with Gasteiger partial charge in [-0.1, -0.05) is 0 Å². The van der Waals surface area contributed by atoms with E-state index in [-0.39, 0.29) is 24.7 Å². The molecular formula is C22H21F2N7O2. The Kier molecular flexibility index (Phi) is 5.33. The van der Waals surface area contributed by atoms with Crippen molar-refractivity contribution in [2.75, 3.05) is 18.6 Å². The SMILES string of the molecule is COc1ncc(F)cc1[C@H]1C[C@H](F)CN1c1ccc2ncc(-c3ccnc(C(C)O)n3)n2n1. The van der Waals surface area contributed by atoms with Crippen molar-refractivity contribution in [3.63, 3.8) is 0 Å². The third kappa shape index (κ3) is 3.84. The second kappa shape index (κ2) is 8.32. The fraction of sp³-hybridized carbons (Fsp3) is 0.318. The molecule has 0 saturated carbocycles. The van der Waals surface area contributed by atoms with Crippen LogP contribution in [0.5, 0.6) is 5.88 Å². The number of nitrogens with zero attached hydrogens (tertiary/aromatic N) is 7. The van der Waals surface area contributed by atoms with Crippen LogP contribution in [0.3, 0.4) is 0 Å². The molecule has 0 aliphatic carbocycles. The van der Waals surface area contributed by atoms with E-state index in [4.69, 9.17) is 9.84 Å². The highest BCUT2D eigenvalue weighted by molar-refractivity contribution is 5.60. The maximum Gasteiger partial charge on any atom is 0.218 e. The minimum Gasteiger partial charge on any atom is -0.481 e. The van der Waals surface area contributed by atoms with Crippen molar-refractivity contribution in [1.82, 2.24) is 29.5 Å². The summed E-state index contributed by atoms with van der Waals surface area (Å²) >= 11 is 0. The number of ether oxygens (including phenoxy) is 1. The highest BCUT2D eigenvalue weighted by atomic mass is 19.1. The average Bonchev–Trinajstić information content (AvgIpc) is 3.42. The van der Waals surface area contributed by atoms with Crippen molar-refractivity contribution >= 4 is 11.5 Å². The van der Waals surface area contributed by atoms with Crippen molar-refractivity contribution in [3.8, 4) is 17.3 Å². The van der Waals surface area contributed by atoms with Crippen LogP contribution in [0.1, 0.15) is 36.9 Å². The number of hydrogen-bond acceptors (Lipinski definition) is 8. The number of imidazole rings is 1. The monoisotopic (exact) mass is 453 g/mol. The normalized spacial score (nSPS) is 19.2. The number of anilines is 1. The molecule has 0 radical (unpaired) electrons. The lowest BCUT2D eigenvalue weighted by molar-refractivity contribution is 0.189. The van der Waals surface area contributed by atoms with E-state index in [0.717, 1.165) is 6.20 Å². The number of hydrogen-bond donors (Lipinski definition) is 1. The number of methoxy groups -OCH3 is 1. The summed E-state index contributed by atoms with van der Waals surface area (Å²) in [5.74, 6) is 0.495. The Balaban J connectivity index is 1.58. The van der Waals surface area contributed by atoms with Crippen LogP contribution in [-0.4, -0.2) is 54.5 Å². The fourth-order valence-electron chi connectivity index (χ4n) is 4.09. The molecule has 5 rings (SSSR count). The first-order chi connectivity index (χ1) is 15.9. The largest absolute Gasteiger partial charge is 0.481 e. The molecule has 33 heavy (non-hydrogen) atoms. The van der Waals surface area contributed by atoms with E-state index in [1.54, 1.807) is 46.9 Å². The Morgan fingerprint density at radius 3 is 2.82 bits per heavy atom. The molecule has 1 unspecified atom stereocenters. The zero-order valence-corrected chi connectivity index (χ0v) is 17.9. The van der Waals surface area contributed by atoms with Gasteiger partial charge in [-0.2, -0.15) is 0 Å². The van der Waals surface area contributed by atoms with Crippen LogP contribution in [0.15, 0.2) is 42.9 Å². The standard InChI is InChI=1S/C22H21F2N7O2/c1-12(32)21-25-6-5-16(28-21)18-10-26-19-3-4-20(29-31(18)19)30-11-14(24)8-17(30)15-7-13(23)9-27-22(15)33-2/h3-7,9-10,12,14,17,32H,8,11H2,1-2H3/t12?,14-,17+/m0/s1. The molecule has 0 bridgehead atoms. The summed E-state index contributed by atoms with van der Waals surface area (Å²) in [5.41, 5.74) is 2.16. The topological polar surface area (TPSA) is 102 Å². The van der Waals surface area contributed by atoms with Crippen LogP contribution in [0.4, 0.5) is 14.6 Å². The molecule has 0 aromatic carbocycles. The predicted molar refractivity (Wildman–Crippen MR) is 115 cm³/mol. The zero-order valence-electron chi connectivity index (χ0n) is 17.9. The molecule has 1 N–H and O–H groups in total. The van der Waals surface area contributed by atoms with Crippen LogP contribution in [0.2, 0.25) is 0 Å². The number of aliphatic hydroxyl groups is 1. The maximum atomic E-state index is 14.6. The van der Waals surface area contributed by atoms with Crippen LogP contribution < -0.4 is 9.64 Å². The number of aliphatic hydroxyl groups excluding tert-OH is 1. The molecule has 170 valence electrons. The van der Waals surface area contributed by atoms with Gasteiger partial charge in [0.05, 0.1) is 37.8 Å². The fourth-order valence-corrected chi connectivity index (χ4v) is 4.09. The van der Waals surface area contributed by atoms with E-state index in [9.17, 15) is 13.9 Å². The van der Waals surface area contributed by atoms with Crippen molar-refractivity contribution < 1.29 is 18.6 Å². The Labute approximate surface area is 187 Å². The minimum atomic E-state index is -1.13. The third-order valence-corrected chi connectivity index (χ3v) is 5.60. The van der Waals surface area contributed by atoms with Crippen LogP contribution >= 0.6 is 0 Å². The number of rotatable bonds is 5. The van der Waals surface area contributed by atoms with Crippen molar-refractivity contribution in [1.29, 1.82) is 0 Å². The molecule has 0 spiro atoms. The summed E-state index contributed by atoms with van der Waals surface area (Å²) < 4.78 is 35.4. The van der Waals surface area contributed by atoms with Crippen LogP contribution in [0, 0.1) is 5.82 Å². The minimum absolute atomic E-state index is 0.0898. The highest BCUT2D eigenvalue weighted by Crippen LogP contribution is 2.40. The molecule has 5 heterocycles. The summed E-state index contributed by atoms with van der Waals surface area (Å²) in [5, 5.41) is 14.5. The van der Waals surface area contributed by atoms with Gasteiger partial charge in [0.2, 0.25) is 5.88 Å². The van der Waals surface area contributed by atoms with Gasteiger partial charge in [-0.05, 0) is 31.2 Å². The summed E-state index contributed by atoms with van der Waals surface area (Å²) in [6.45, 7) is 1.67. The average molecular weight is 453 g/mol. The smallest absolute Gasteiger partial charge is 0.218 e. The second-order valence-corrected chi connectivity index (χ2v) is 7.83. The molecule has 11 heteroatoms. The summed E-state index contributed by atoms with van der Waals surface area (Å²) in [7, 11) is 1.45. The van der Waals surface area contributed by atoms with E-state index in [1.807, 2.05) is 0 Å². The number of aromatic nitrogens is 6. The quantitative estimate of drug-likeness (QED) is 0.492. The van der Waals surface area contributed by atoms with Gasteiger partial charge in [0.1, 0.15) is 29.6 Å². The van der Waals surface area contributed by atoms with Crippen molar-refractivity contribution in [2.45, 2.75) is 31.7 Å². The third-order valence-electron chi connectivity index (χ3n) is 5.60.